The number of rotatable bonds is 58. The van der Waals surface area contributed by atoms with Crippen molar-refractivity contribution in [2.75, 3.05) is 13.2 Å². The van der Waals surface area contributed by atoms with Crippen LogP contribution in [-0.2, 0) is 14.3 Å². The summed E-state index contributed by atoms with van der Waals surface area (Å²) in [6, 6.07) is -0.622. The van der Waals surface area contributed by atoms with Crippen LogP contribution in [0.15, 0.2) is 36.5 Å². The zero-order chi connectivity index (χ0) is 50.7. The molecule has 0 radical (unpaired) electrons. The third-order valence-electron chi connectivity index (χ3n) is 14.4. The van der Waals surface area contributed by atoms with E-state index in [0.29, 0.717) is 19.4 Å². The molecule has 0 rings (SSSR count). The van der Waals surface area contributed by atoms with E-state index in [1.54, 1.807) is 6.08 Å². The van der Waals surface area contributed by atoms with Gasteiger partial charge in [0, 0.05) is 12.8 Å². The topological polar surface area (TPSA) is 95.9 Å². The molecule has 1 amide bonds. The summed E-state index contributed by atoms with van der Waals surface area (Å²) in [4.78, 5) is 24.4. The number of carbonyl (C=O) groups is 2. The average molecular weight is 985 g/mol. The van der Waals surface area contributed by atoms with Gasteiger partial charge in [-0.3, -0.25) is 9.59 Å². The first-order valence-corrected chi connectivity index (χ1v) is 31.3. The minimum atomic E-state index is -0.839. The summed E-state index contributed by atoms with van der Waals surface area (Å²) in [7, 11) is 0. The van der Waals surface area contributed by atoms with Crippen LogP contribution in [0.3, 0.4) is 0 Å². The smallest absolute Gasteiger partial charge is 0.305 e. The van der Waals surface area contributed by atoms with E-state index < -0.39 is 12.1 Å². The van der Waals surface area contributed by atoms with Crippen LogP contribution in [0.25, 0.3) is 0 Å². The summed E-state index contributed by atoms with van der Waals surface area (Å²) in [5.74, 6) is -0.0612. The predicted molar refractivity (Wildman–Crippen MR) is 306 cm³/mol. The lowest BCUT2D eigenvalue weighted by Gasteiger charge is -2.20. The van der Waals surface area contributed by atoms with Gasteiger partial charge in [0.25, 0.3) is 0 Å². The first-order valence-electron chi connectivity index (χ1n) is 31.3. The van der Waals surface area contributed by atoms with Crippen molar-refractivity contribution in [3.63, 3.8) is 0 Å². The summed E-state index contributed by atoms with van der Waals surface area (Å²) in [5, 5.41) is 23.0. The van der Waals surface area contributed by atoms with Gasteiger partial charge < -0.3 is 20.3 Å². The van der Waals surface area contributed by atoms with Gasteiger partial charge in [0.15, 0.2) is 0 Å². The lowest BCUT2D eigenvalue weighted by molar-refractivity contribution is -0.143. The van der Waals surface area contributed by atoms with Crippen molar-refractivity contribution >= 4 is 11.9 Å². The number of allylic oxidation sites excluding steroid dienone is 5. The number of ether oxygens (including phenoxy) is 1. The highest BCUT2D eigenvalue weighted by molar-refractivity contribution is 5.76. The molecule has 0 saturated heterocycles. The van der Waals surface area contributed by atoms with Crippen LogP contribution < -0.4 is 5.32 Å². The Morgan fingerprint density at radius 1 is 0.400 bits per heavy atom. The molecule has 0 spiro atoms. The maximum atomic E-state index is 12.4. The van der Waals surface area contributed by atoms with Crippen molar-refractivity contribution in [2.45, 2.75) is 347 Å². The first-order chi connectivity index (χ1) is 34.5. The van der Waals surface area contributed by atoms with Gasteiger partial charge in [-0.2, -0.15) is 0 Å². The molecule has 6 heteroatoms. The van der Waals surface area contributed by atoms with Crippen molar-refractivity contribution in [1.29, 1.82) is 0 Å². The van der Waals surface area contributed by atoms with E-state index in [4.69, 9.17) is 4.74 Å². The number of amides is 1. The quantitative estimate of drug-likeness (QED) is 0.0321. The van der Waals surface area contributed by atoms with E-state index in [0.717, 1.165) is 51.4 Å². The molecule has 0 bridgehead atoms. The maximum Gasteiger partial charge on any atom is 0.305 e. The molecular formula is C64H121NO5. The van der Waals surface area contributed by atoms with Crippen LogP contribution in [-0.4, -0.2) is 47.4 Å². The largest absolute Gasteiger partial charge is 0.466 e. The molecule has 0 saturated carbocycles. The zero-order valence-corrected chi connectivity index (χ0v) is 47.0. The summed E-state index contributed by atoms with van der Waals surface area (Å²) in [6.45, 7) is 4.82. The minimum absolute atomic E-state index is 0.00471. The van der Waals surface area contributed by atoms with Gasteiger partial charge in [0.1, 0.15) is 0 Å². The van der Waals surface area contributed by atoms with Crippen LogP contribution in [0.1, 0.15) is 335 Å². The van der Waals surface area contributed by atoms with Crippen LogP contribution in [0, 0.1) is 0 Å². The second kappa shape index (κ2) is 59.6. The fourth-order valence-corrected chi connectivity index (χ4v) is 9.61. The Kier molecular flexibility index (Phi) is 58.0. The van der Waals surface area contributed by atoms with Crippen LogP contribution in [0.2, 0.25) is 0 Å². The zero-order valence-electron chi connectivity index (χ0n) is 47.0. The van der Waals surface area contributed by atoms with E-state index in [2.05, 4.69) is 43.5 Å². The van der Waals surface area contributed by atoms with Gasteiger partial charge >= 0.3 is 5.97 Å². The molecule has 0 aliphatic carbocycles. The predicted octanol–water partition coefficient (Wildman–Crippen LogP) is 19.6. The van der Waals surface area contributed by atoms with Gasteiger partial charge in [0.2, 0.25) is 5.91 Å². The summed E-state index contributed by atoms with van der Waals surface area (Å²) in [6.07, 6.45) is 75.0. The molecule has 70 heavy (non-hydrogen) atoms. The van der Waals surface area contributed by atoms with Crippen molar-refractivity contribution in [3.8, 4) is 0 Å². The van der Waals surface area contributed by atoms with Gasteiger partial charge in [0.05, 0.1) is 25.4 Å². The Balaban J connectivity index is 3.31. The SMILES string of the molecule is CCC/C=C\C/C=C\CCCCCCCC(=O)OCCCCCCCCCCCCCCCCCCCCCCCCCCCCCCCCCC(=O)NC(CO)C(O)/C=C/CCCCCCCCC. The van der Waals surface area contributed by atoms with Crippen LogP contribution in [0.5, 0.6) is 0 Å². The third-order valence-corrected chi connectivity index (χ3v) is 14.4. The first kappa shape index (κ1) is 68.1. The normalized spacial score (nSPS) is 12.8. The number of nitrogens with one attached hydrogen (secondary N) is 1. The van der Waals surface area contributed by atoms with Crippen molar-refractivity contribution in [1.82, 2.24) is 5.32 Å². The molecule has 0 fully saturated rings. The number of aliphatic hydroxyl groups is 2. The van der Waals surface area contributed by atoms with Gasteiger partial charge in [-0.1, -0.05) is 301 Å². The lowest BCUT2D eigenvalue weighted by Crippen LogP contribution is -2.45. The highest BCUT2D eigenvalue weighted by Crippen LogP contribution is 2.18. The van der Waals surface area contributed by atoms with E-state index in [1.165, 1.54) is 257 Å². The lowest BCUT2D eigenvalue weighted by atomic mass is 10.0. The van der Waals surface area contributed by atoms with Crippen LogP contribution in [0.4, 0.5) is 0 Å². The van der Waals surface area contributed by atoms with Gasteiger partial charge in [-0.15, -0.1) is 0 Å². The Labute approximate surface area is 436 Å². The van der Waals surface area contributed by atoms with E-state index >= 15 is 0 Å². The van der Waals surface area contributed by atoms with Crippen molar-refractivity contribution in [3.05, 3.63) is 36.5 Å². The number of esters is 1. The van der Waals surface area contributed by atoms with Crippen molar-refractivity contribution in [2.24, 2.45) is 0 Å². The molecular weight excluding hydrogens is 863 g/mol. The molecule has 412 valence electrons. The molecule has 0 aliphatic rings. The van der Waals surface area contributed by atoms with E-state index in [-0.39, 0.29) is 18.5 Å². The second-order valence-electron chi connectivity index (χ2n) is 21.4. The summed E-state index contributed by atoms with van der Waals surface area (Å²) >= 11 is 0. The fourth-order valence-electron chi connectivity index (χ4n) is 9.61. The number of aliphatic hydroxyl groups excluding tert-OH is 2. The molecule has 6 nitrogen and oxygen atoms in total. The Morgan fingerprint density at radius 3 is 1.14 bits per heavy atom. The van der Waals surface area contributed by atoms with Gasteiger partial charge in [-0.05, 0) is 57.8 Å². The Hall–Kier alpha value is -1.92. The van der Waals surface area contributed by atoms with Gasteiger partial charge in [-0.25, -0.2) is 0 Å². The Morgan fingerprint density at radius 2 is 0.743 bits per heavy atom. The molecule has 0 aliphatic heterocycles. The van der Waals surface area contributed by atoms with E-state index in [9.17, 15) is 19.8 Å². The number of hydrogen-bond donors (Lipinski definition) is 3. The molecule has 0 aromatic carbocycles. The summed E-state index contributed by atoms with van der Waals surface area (Å²) < 4.78 is 5.47. The monoisotopic (exact) mass is 984 g/mol. The maximum absolute atomic E-state index is 12.4. The highest BCUT2D eigenvalue weighted by Gasteiger charge is 2.18. The number of unbranched alkanes of at least 4 members (excludes halogenated alkanes) is 43. The number of carbonyl (C=O) groups excluding carboxylic acids is 2. The second-order valence-corrected chi connectivity index (χ2v) is 21.4. The number of hydrogen-bond acceptors (Lipinski definition) is 5. The average Bonchev–Trinajstić information content (AvgIpc) is 3.36. The standard InChI is InChI=1S/C64H121NO5/c1-3-5-7-9-11-13-14-34-38-42-46-50-54-58-64(69)70-59-55-51-47-43-39-36-33-31-29-27-25-23-21-19-17-15-16-18-20-22-24-26-28-30-32-35-37-41-45-49-53-57-63(68)65-61(60-66)62(67)56-52-48-44-40-12-10-8-6-4-2/h7,9,13-14,52,56,61-62,66-67H,3-6,8,10-12,15-51,53-55,57-60H2,1-2H3,(H,65,68)/b9-7-,14-13-,56-52+. The fraction of sp³-hybridized carbons (Fsp3) is 0.875. The molecule has 2 unspecified atom stereocenters. The Bertz CT molecular complexity index is 1130. The van der Waals surface area contributed by atoms with Crippen molar-refractivity contribution < 1.29 is 24.5 Å². The third kappa shape index (κ3) is 55.4. The highest BCUT2D eigenvalue weighted by atomic mass is 16.5. The minimum Gasteiger partial charge on any atom is -0.466 e. The molecule has 0 aromatic heterocycles. The molecule has 2 atom stereocenters. The molecule has 0 aromatic rings. The van der Waals surface area contributed by atoms with Crippen LogP contribution >= 0.6 is 0 Å². The van der Waals surface area contributed by atoms with E-state index in [1.807, 2.05) is 6.08 Å². The molecule has 3 N–H and O–H groups in total. The summed E-state index contributed by atoms with van der Waals surface area (Å²) in [5.41, 5.74) is 0. The molecule has 0 heterocycles.